The largest absolute Gasteiger partial charge is 0.707 e. The molecule has 0 aliphatic rings. The molecule has 0 heterocycles. The van der Waals surface area contributed by atoms with Crippen LogP contribution in [0.4, 0.5) is 0 Å². The predicted octanol–water partition coefficient (Wildman–Crippen LogP) is -2.63. The van der Waals surface area contributed by atoms with Gasteiger partial charge in [0.2, 0.25) is 0 Å². The summed E-state index contributed by atoms with van der Waals surface area (Å²) in [5.74, 6) is 0. The van der Waals surface area contributed by atoms with Crippen molar-refractivity contribution < 1.29 is 118 Å². The molecule has 0 aliphatic carbocycles. The number of halogens is 3. The van der Waals surface area contributed by atoms with Gasteiger partial charge in [-0.3, -0.25) is 0 Å². The SMILES string of the molecule is CC(C)(C)c1ccc([I+]c2ccc(C(C)(C)C)cc2)cc1.CS(=O)(=O)O[O-].CS(=O)(=O)O[O-].CS(=O)(=O)O[O-].Cc1ccc([I+]c2ccc(C)cc2)cc1.c1ccc([I+]c2ccccc2)cc1. The standard InChI is InChI=1S/C20H26I.C14H14I.C12H10I.3CH4O4S/c1-19(2,3)15-7-11-17(12-8-15)21-18-13-9-16(10-14-18)20(4,5)6;1-11-3-7-13(8-4-11)15-14-9-5-12(2)6-10-14;1-3-7-11(8-4-1)13-12-9-5-2-6-10-12;3*1-6(3,4)5-2/h7-14H,1-6H3;3-10H,1-2H3;1-10H;3*2H,1H3/q3*+1;;;/p-3. The molecular weight excluding hydrogens is 1260 g/mol. The molecule has 0 saturated carbocycles. The van der Waals surface area contributed by atoms with Gasteiger partial charge in [-0.2, -0.15) is 0 Å². The molecule has 0 bridgehead atoms. The fraction of sp³-hybridized carbons (Fsp3) is 0.265. The Morgan fingerprint density at radius 3 is 0.701 bits per heavy atom. The van der Waals surface area contributed by atoms with E-state index in [2.05, 4.69) is 226 Å². The number of benzene rings is 6. The third kappa shape index (κ3) is 31.8. The fourth-order valence-electron chi connectivity index (χ4n) is 4.55. The molecule has 0 spiro atoms. The zero-order valence-electron chi connectivity index (χ0n) is 39.3. The molecule has 0 saturated heterocycles. The first-order valence-electron chi connectivity index (χ1n) is 20.0. The van der Waals surface area contributed by atoms with E-state index in [1.54, 1.807) is 0 Å². The van der Waals surface area contributed by atoms with Gasteiger partial charge in [0.1, 0.15) is 0 Å². The lowest BCUT2D eigenvalue weighted by Crippen LogP contribution is -3.61. The summed E-state index contributed by atoms with van der Waals surface area (Å²) < 4.78 is 73.7. The third-order valence-corrected chi connectivity index (χ3v) is 16.7. The van der Waals surface area contributed by atoms with Crippen molar-refractivity contribution in [1.82, 2.24) is 0 Å². The summed E-state index contributed by atoms with van der Waals surface area (Å²) in [4.78, 5) is 0. The van der Waals surface area contributed by atoms with Gasteiger partial charge in [-0.1, -0.05) is 138 Å². The van der Waals surface area contributed by atoms with Crippen LogP contribution in [0.3, 0.4) is 0 Å². The van der Waals surface area contributed by atoms with Crippen LogP contribution in [0.15, 0.2) is 158 Å². The molecule has 12 nitrogen and oxygen atoms in total. The van der Waals surface area contributed by atoms with Crippen LogP contribution in [-0.2, 0) is 54.2 Å². The molecule has 0 amide bonds. The molecule has 0 unspecified atom stereocenters. The van der Waals surface area contributed by atoms with E-state index in [1.807, 2.05) is 0 Å². The number of hydrogen-bond donors (Lipinski definition) is 0. The highest BCUT2D eigenvalue weighted by Gasteiger charge is 2.20. The van der Waals surface area contributed by atoms with Crippen LogP contribution >= 0.6 is 0 Å². The normalized spacial score (nSPS) is 11.3. The zero-order chi connectivity index (χ0) is 50.9. The van der Waals surface area contributed by atoms with E-state index in [0.29, 0.717) is 18.8 Å². The maximum absolute atomic E-state index is 9.47. The van der Waals surface area contributed by atoms with Gasteiger partial charge in [0, 0.05) is 0 Å². The minimum Gasteiger partial charge on any atom is -0.707 e. The van der Waals surface area contributed by atoms with E-state index in [4.69, 9.17) is 15.8 Å². The Labute approximate surface area is 430 Å². The van der Waals surface area contributed by atoms with Crippen LogP contribution in [0.2, 0.25) is 0 Å². The van der Waals surface area contributed by atoms with Gasteiger partial charge in [0.15, 0.2) is 21.4 Å². The van der Waals surface area contributed by atoms with Crippen LogP contribution in [0.25, 0.3) is 0 Å². The summed E-state index contributed by atoms with van der Waals surface area (Å²) in [5, 5.41) is 26.6. The number of hydrogen-bond acceptors (Lipinski definition) is 12. The van der Waals surface area contributed by atoms with Crippen molar-refractivity contribution >= 4 is 30.4 Å². The maximum Gasteiger partial charge on any atom is 0.357 e. The van der Waals surface area contributed by atoms with E-state index in [-0.39, 0.29) is 74.4 Å². The molecule has 0 radical (unpaired) electrons. The number of aryl methyl sites for hydroxylation is 2. The molecular formula is C49H59I3O12S3. The van der Waals surface area contributed by atoms with Crippen molar-refractivity contribution in [1.29, 1.82) is 0 Å². The predicted molar refractivity (Wildman–Crippen MR) is 245 cm³/mol. The lowest BCUT2D eigenvalue weighted by molar-refractivity contribution is -0.634. The molecule has 0 aliphatic heterocycles. The van der Waals surface area contributed by atoms with Gasteiger partial charge in [0.25, 0.3) is 30.4 Å². The van der Waals surface area contributed by atoms with E-state index in [1.165, 1.54) is 43.7 Å². The Morgan fingerprint density at radius 1 is 0.343 bits per heavy atom. The van der Waals surface area contributed by atoms with Crippen molar-refractivity contribution in [2.75, 3.05) is 18.8 Å². The molecule has 0 atom stereocenters. The van der Waals surface area contributed by atoms with E-state index < -0.39 is 30.4 Å². The summed E-state index contributed by atoms with van der Waals surface area (Å²) in [7, 11) is -11.2. The summed E-state index contributed by atoms with van der Waals surface area (Å²) in [6.45, 7) is 17.9. The summed E-state index contributed by atoms with van der Waals surface area (Å²) in [6, 6.07) is 57.6. The lowest BCUT2D eigenvalue weighted by atomic mass is 9.87. The first-order chi connectivity index (χ1) is 31.0. The average molecular weight is 1320 g/mol. The number of rotatable bonds is 9. The molecule has 67 heavy (non-hydrogen) atoms. The van der Waals surface area contributed by atoms with Crippen molar-refractivity contribution in [3.63, 3.8) is 0 Å². The zero-order valence-corrected chi connectivity index (χ0v) is 48.2. The van der Waals surface area contributed by atoms with Crippen molar-refractivity contribution in [2.45, 2.75) is 66.2 Å². The van der Waals surface area contributed by atoms with Crippen LogP contribution in [0, 0.1) is 35.3 Å². The smallest absolute Gasteiger partial charge is 0.357 e. The monoisotopic (exact) mass is 1320 g/mol. The van der Waals surface area contributed by atoms with Gasteiger partial charge in [-0.05, 0) is 109 Å². The fourth-order valence-corrected chi connectivity index (χ4v) is 11.1. The van der Waals surface area contributed by atoms with E-state index in [9.17, 15) is 25.3 Å². The molecule has 6 aromatic carbocycles. The topological polar surface area (TPSA) is 199 Å². The van der Waals surface area contributed by atoms with Crippen LogP contribution in [-0.4, -0.2) is 44.0 Å². The summed E-state index contributed by atoms with van der Waals surface area (Å²) in [5.41, 5.74) is 5.99. The minimum atomic E-state index is -3.72. The molecule has 18 heteroatoms. The second-order valence-electron chi connectivity index (χ2n) is 16.3. The van der Waals surface area contributed by atoms with Crippen LogP contribution in [0.1, 0.15) is 63.8 Å². The Hall–Kier alpha value is -2.88. The Bertz CT molecular complexity index is 2410. The first kappa shape index (κ1) is 62.1. The maximum atomic E-state index is 9.47. The van der Waals surface area contributed by atoms with Crippen molar-refractivity contribution in [3.05, 3.63) is 201 Å². The lowest BCUT2D eigenvalue weighted by Gasteiger charge is -2.18. The van der Waals surface area contributed by atoms with Gasteiger partial charge >= 0.3 is 63.6 Å². The summed E-state index contributed by atoms with van der Waals surface area (Å²) in [6.07, 6.45) is 2.04. The first-order valence-corrected chi connectivity index (χ1v) is 31.9. The molecule has 366 valence electrons. The second kappa shape index (κ2) is 30.7. The van der Waals surface area contributed by atoms with E-state index in [0.717, 1.165) is 0 Å². The van der Waals surface area contributed by atoms with E-state index >= 15 is 0 Å². The van der Waals surface area contributed by atoms with Crippen LogP contribution < -0.4 is 79.4 Å². The second-order valence-corrected chi connectivity index (χ2v) is 30.0. The Morgan fingerprint density at radius 2 is 0.522 bits per heavy atom. The average Bonchev–Trinajstić information content (AvgIpc) is 3.26. The Kier molecular flexibility index (Phi) is 28.4. The molecule has 0 aromatic heterocycles. The summed E-state index contributed by atoms with van der Waals surface area (Å²) >= 11 is -0.0385. The third-order valence-electron chi connectivity index (χ3n) is 7.93. The molecule has 6 rings (SSSR count). The minimum absolute atomic E-state index is 0.00313. The van der Waals surface area contributed by atoms with Crippen molar-refractivity contribution in [2.24, 2.45) is 0 Å². The van der Waals surface area contributed by atoms with Gasteiger partial charge in [-0.15, -0.1) is 0 Å². The van der Waals surface area contributed by atoms with Gasteiger partial charge < -0.3 is 28.8 Å². The highest BCUT2D eigenvalue weighted by Crippen LogP contribution is 2.22. The Balaban J connectivity index is 0.000000433. The van der Waals surface area contributed by atoms with Gasteiger partial charge in [0.05, 0.1) is 18.8 Å². The van der Waals surface area contributed by atoms with Gasteiger partial charge in [-0.25, -0.2) is 25.3 Å². The molecule has 6 aromatic rings. The van der Waals surface area contributed by atoms with Crippen LogP contribution in [0.5, 0.6) is 0 Å². The molecule has 0 N–H and O–H groups in total. The quantitative estimate of drug-likeness (QED) is 0.0831. The molecule has 0 fully saturated rings. The van der Waals surface area contributed by atoms with Crippen molar-refractivity contribution in [3.8, 4) is 0 Å². The highest BCUT2D eigenvalue weighted by atomic mass is 127. The highest BCUT2D eigenvalue weighted by molar-refractivity contribution is 7.86.